The molecule has 0 bridgehead atoms. The highest BCUT2D eigenvalue weighted by molar-refractivity contribution is 7.92. The average Bonchev–Trinajstić information content (AvgIpc) is 2.86. The molecule has 7 nitrogen and oxygen atoms in total. The van der Waals surface area contributed by atoms with Crippen molar-refractivity contribution < 1.29 is 22.7 Å². The molecule has 0 aromatic heterocycles. The number of hydrogen-bond acceptors (Lipinski definition) is 5. The quantitative estimate of drug-likeness (QED) is 0.395. The van der Waals surface area contributed by atoms with Crippen LogP contribution in [0.15, 0.2) is 77.7 Å². The Hall–Kier alpha value is -3.23. The lowest BCUT2D eigenvalue weighted by Gasteiger charge is -2.24. The van der Waals surface area contributed by atoms with Crippen LogP contribution in [0, 0.1) is 0 Å². The Balaban J connectivity index is 1.71. The number of hydrogen-bond donors (Lipinski definition) is 1. The summed E-state index contributed by atoms with van der Waals surface area (Å²) in [7, 11) is -0.890. The number of halogens is 1. The zero-order valence-electron chi connectivity index (χ0n) is 19.0. The van der Waals surface area contributed by atoms with Gasteiger partial charge in [-0.25, -0.2) is 8.42 Å². The predicted molar refractivity (Wildman–Crippen MR) is 133 cm³/mol. The number of aryl methyl sites for hydroxylation is 1. The van der Waals surface area contributed by atoms with Crippen molar-refractivity contribution >= 4 is 33.2 Å². The average molecular weight is 503 g/mol. The van der Waals surface area contributed by atoms with E-state index in [0.29, 0.717) is 29.4 Å². The van der Waals surface area contributed by atoms with Gasteiger partial charge in [0.25, 0.3) is 10.0 Å². The van der Waals surface area contributed by atoms with Crippen LogP contribution in [0.2, 0.25) is 5.02 Å². The number of nitrogens with one attached hydrogen (secondary N) is 1. The third-order valence-corrected chi connectivity index (χ3v) is 7.23. The van der Waals surface area contributed by atoms with E-state index >= 15 is 0 Å². The first-order valence-electron chi connectivity index (χ1n) is 10.7. The van der Waals surface area contributed by atoms with E-state index in [-0.39, 0.29) is 11.4 Å². The van der Waals surface area contributed by atoms with Crippen LogP contribution in [0.25, 0.3) is 0 Å². The fourth-order valence-electron chi connectivity index (χ4n) is 3.40. The molecule has 3 rings (SSSR count). The SMILES string of the molecule is COc1ccc(S(=O)(=O)N(CC(=O)NCCCc2ccccc2OC)c2ccc(Cl)cc2)cc1. The van der Waals surface area contributed by atoms with E-state index < -0.39 is 15.9 Å². The molecule has 1 N–H and O–H groups in total. The zero-order valence-corrected chi connectivity index (χ0v) is 20.6. The van der Waals surface area contributed by atoms with Crippen LogP contribution in [0.5, 0.6) is 11.5 Å². The molecule has 34 heavy (non-hydrogen) atoms. The Morgan fingerprint density at radius 2 is 1.62 bits per heavy atom. The first-order valence-corrected chi connectivity index (χ1v) is 12.5. The maximum absolute atomic E-state index is 13.4. The van der Waals surface area contributed by atoms with Crippen molar-refractivity contribution in [2.75, 3.05) is 31.6 Å². The minimum absolute atomic E-state index is 0.0484. The molecule has 3 aromatic rings. The number of amides is 1. The minimum atomic E-state index is -4.01. The second-order valence-electron chi connectivity index (χ2n) is 7.43. The molecule has 0 heterocycles. The monoisotopic (exact) mass is 502 g/mol. The second kappa shape index (κ2) is 11.8. The van der Waals surface area contributed by atoms with E-state index in [0.717, 1.165) is 22.0 Å². The molecule has 0 atom stereocenters. The van der Waals surface area contributed by atoms with Crippen LogP contribution in [0.3, 0.4) is 0 Å². The third kappa shape index (κ3) is 6.42. The molecular formula is C25H27ClN2O5S. The Labute approximate surface area is 205 Å². The Morgan fingerprint density at radius 1 is 0.941 bits per heavy atom. The molecule has 9 heteroatoms. The van der Waals surface area contributed by atoms with Crippen molar-refractivity contribution in [1.29, 1.82) is 0 Å². The maximum Gasteiger partial charge on any atom is 0.264 e. The molecule has 0 radical (unpaired) electrons. The summed E-state index contributed by atoms with van der Waals surface area (Å²) in [6.07, 6.45) is 1.40. The minimum Gasteiger partial charge on any atom is -0.497 e. The van der Waals surface area contributed by atoms with Gasteiger partial charge in [0, 0.05) is 11.6 Å². The Kier molecular flexibility index (Phi) is 8.79. The van der Waals surface area contributed by atoms with Gasteiger partial charge >= 0.3 is 0 Å². The van der Waals surface area contributed by atoms with Gasteiger partial charge in [0.05, 0.1) is 24.8 Å². The molecule has 180 valence electrons. The van der Waals surface area contributed by atoms with E-state index in [1.807, 2.05) is 24.3 Å². The summed E-state index contributed by atoms with van der Waals surface area (Å²) in [5, 5.41) is 3.28. The van der Waals surface area contributed by atoms with E-state index in [4.69, 9.17) is 21.1 Å². The Morgan fingerprint density at radius 3 is 2.26 bits per heavy atom. The van der Waals surface area contributed by atoms with Crippen LogP contribution < -0.4 is 19.1 Å². The van der Waals surface area contributed by atoms with Crippen LogP contribution in [-0.2, 0) is 21.2 Å². The maximum atomic E-state index is 13.4. The largest absolute Gasteiger partial charge is 0.497 e. The molecule has 0 saturated carbocycles. The summed E-state index contributed by atoms with van der Waals surface area (Å²) in [4.78, 5) is 12.8. The first-order chi connectivity index (χ1) is 16.3. The lowest BCUT2D eigenvalue weighted by atomic mass is 10.1. The molecule has 0 saturated heterocycles. The summed E-state index contributed by atoms with van der Waals surface area (Å²) in [6.45, 7) is 0.0264. The molecule has 0 spiro atoms. The number of rotatable bonds is 11. The van der Waals surface area contributed by atoms with Gasteiger partial charge in [-0.2, -0.15) is 0 Å². The number of benzene rings is 3. The molecule has 0 fully saturated rings. The van der Waals surface area contributed by atoms with Gasteiger partial charge in [-0.15, -0.1) is 0 Å². The summed E-state index contributed by atoms with van der Waals surface area (Å²) in [5.41, 5.74) is 1.38. The normalized spacial score (nSPS) is 11.0. The highest BCUT2D eigenvalue weighted by Crippen LogP contribution is 2.26. The number of ether oxygens (including phenoxy) is 2. The molecule has 0 aliphatic rings. The lowest BCUT2D eigenvalue weighted by molar-refractivity contribution is -0.119. The molecular weight excluding hydrogens is 476 g/mol. The predicted octanol–water partition coefficient (Wildman–Crippen LogP) is 4.30. The van der Waals surface area contributed by atoms with Gasteiger partial charge in [0.2, 0.25) is 5.91 Å². The van der Waals surface area contributed by atoms with Gasteiger partial charge in [-0.05, 0) is 73.0 Å². The summed E-state index contributed by atoms with van der Waals surface area (Å²) >= 11 is 5.97. The van der Waals surface area contributed by atoms with Crippen LogP contribution in [-0.4, -0.2) is 41.6 Å². The summed E-state index contributed by atoms with van der Waals surface area (Å²) in [5.74, 6) is 0.921. The number of carbonyl (C=O) groups is 1. The van der Waals surface area contributed by atoms with Crippen LogP contribution in [0.4, 0.5) is 5.69 Å². The number of carbonyl (C=O) groups excluding carboxylic acids is 1. The van der Waals surface area contributed by atoms with Crippen molar-refractivity contribution in [3.8, 4) is 11.5 Å². The van der Waals surface area contributed by atoms with Crippen molar-refractivity contribution in [3.63, 3.8) is 0 Å². The van der Waals surface area contributed by atoms with Crippen LogP contribution in [0.1, 0.15) is 12.0 Å². The van der Waals surface area contributed by atoms with Crippen molar-refractivity contribution in [2.45, 2.75) is 17.7 Å². The molecule has 3 aromatic carbocycles. The van der Waals surface area contributed by atoms with Gasteiger partial charge < -0.3 is 14.8 Å². The van der Waals surface area contributed by atoms with Gasteiger partial charge in [0.1, 0.15) is 18.0 Å². The Bertz CT molecular complexity index is 1200. The number of nitrogens with zero attached hydrogens (tertiary/aromatic N) is 1. The fourth-order valence-corrected chi connectivity index (χ4v) is 4.95. The number of sulfonamides is 1. The highest BCUT2D eigenvalue weighted by Gasteiger charge is 2.27. The topological polar surface area (TPSA) is 84.9 Å². The fraction of sp³-hybridized carbons (Fsp3) is 0.240. The summed E-state index contributed by atoms with van der Waals surface area (Å²) < 4.78 is 38.3. The lowest BCUT2D eigenvalue weighted by Crippen LogP contribution is -2.41. The van der Waals surface area contributed by atoms with E-state index in [1.165, 1.54) is 19.2 Å². The molecule has 0 unspecified atom stereocenters. The standard InChI is InChI=1S/C25H27ClN2O5S/c1-32-22-13-15-23(16-14-22)34(30,31)28(21-11-9-20(26)10-12-21)18-25(29)27-17-5-7-19-6-3-4-8-24(19)33-2/h3-4,6,8-16H,5,7,17-18H2,1-2H3,(H,27,29). The van der Waals surface area contributed by atoms with Crippen molar-refractivity contribution in [3.05, 3.63) is 83.4 Å². The second-order valence-corrected chi connectivity index (χ2v) is 9.73. The van der Waals surface area contributed by atoms with E-state index in [9.17, 15) is 13.2 Å². The van der Waals surface area contributed by atoms with Crippen molar-refractivity contribution in [1.82, 2.24) is 5.32 Å². The van der Waals surface area contributed by atoms with Gasteiger partial charge in [-0.3, -0.25) is 9.10 Å². The molecule has 1 amide bonds. The van der Waals surface area contributed by atoms with E-state index in [1.54, 1.807) is 43.5 Å². The van der Waals surface area contributed by atoms with Gasteiger partial charge in [0.15, 0.2) is 0 Å². The third-order valence-electron chi connectivity index (χ3n) is 5.19. The number of methoxy groups -OCH3 is 2. The zero-order chi connectivity index (χ0) is 24.6. The number of para-hydroxylation sites is 1. The molecule has 0 aliphatic carbocycles. The highest BCUT2D eigenvalue weighted by atomic mass is 35.5. The first kappa shape index (κ1) is 25.4. The molecule has 0 aliphatic heterocycles. The summed E-state index contributed by atoms with van der Waals surface area (Å²) in [6, 6.07) is 20.0. The van der Waals surface area contributed by atoms with Crippen LogP contribution >= 0.6 is 11.6 Å². The number of anilines is 1. The van der Waals surface area contributed by atoms with Crippen molar-refractivity contribution in [2.24, 2.45) is 0 Å². The van der Waals surface area contributed by atoms with E-state index in [2.05, 4.69) is 5.32 Å². The van der Waals surface area contributed by atoms with Gasteiger partial charge in [-0.1, -0.05) is 29.8 Å². The smallest absolute Gasteiger partial charge is 0.264 e.